The van der Waals surface area contributed by atoms with Crippen molar-refractivity contribution in [2.24, 2.45) is 0 Å². The molecule has 2 fully saturated rings. The molecule has 2 saturated heterocycles. The molecule has 0 aromatic heterocycles. The van der Waals surface area contributed by atoms with Gasteiger partial charge in [-0.2, -0.15) is 0 Å². The number of esters is 3. The Kier molecular flexibility index (Phi) is 16.3. The second-order valence-electron chi connectivity index (χ2n) is 12.2. The average molecular weight is 661 g/mol. The third-order valence-corrected chi connectivity index (χ3v) is 8.26. The molecule has 264 valence electrons. The summed E-state index contributed by atoms with van der Waals surface area (Å²) in [5.41, 5.74) is 0. The van der Waals surface area contributed by atoms with Crippen LogP contribution in [0.1, 0.15) is 91.4 Å². The minimum atomic E-state index is -1.75. The Labute approximate surface area is 270 Å². The smallest absolute Gasteiger partial charge is 0.306 e. The standard InChI is InChI=1S/C32H52O14/c1-19-15-13-11-9-7-5-4-6-8-10-12-14-16-24(35)45-29-26(37)23(18-41-21(3)34)43-31(28(29)39)46-30-27(38)25(36)22(17-40-20(2)33)44-32(30)42-19/h4,6,19,22-23,25-32,36-39H,5,7-18H2,1-3H3/b6-4+/t19-,22+,23+,25+,26+,27-,28+,29-,30+,31-,32+/m0/s1. The number of aliphatic hydroxyl groups is 4. The zero-order chi connectivity index (χ0) is 33.6. The van der Waals surface area contributed by atoms with Crippen LogP contribution in [0.15, 0.2) is 12.2 Å². The molecule has 46 heavy (non-hydrogen) atoms. The first-order chi connectivity index (χ1) is 22.0. The second-order valence-corrected chi connectivity index (χ2v) is 12.2. The highest BCUT2D eigenvalue weighted by Crippen LogP contribution is 2.32. The van der Waals surface area contributed by atoms with Gasteiger partial charge in [0.2, 0.25) is 0 Å². The summed E-state index contributed by atoms with van der Waals surface area (Å²) in [6, 6.07) is 0. The fourth-order valence-corrected chi connectivity index (χ4v) is 5.64. The normalized spacial score (nSPS) is 38.4. The molecule has 3 rings (SSSR count). The number of rotatable bonds is 4. The highest BCUT2D eigenvalue weighted by molar-refractivity contribution is 5.69. The molecule has 0 amide bonds. The van der Waals surface area contributed by atoms with Gasteiger partial charge < -0.3 is 53.6 Å². The Hall–Kier alpha value is -2.17. The van der Waals surface area contributed by atoms with E-state index >= 15 is 0 Å². The molecule has 4 N–H and O–H groups in total. The number of hydrogen-bond donors (Lipinski definition) is 4. The lowest BCUT2D eigenvalue weighted by Crippen LogP contribution is -2.65. The van der Waals surface area contributed by atoms with Gasteiger partial charge in [0.25, 0.3) is 0 Å². The predicted molar refractivity (Wildman–Crippen MR) is 160 cm³/mol. The summed E-state index contributed by atoms with van der Waals surface area (Å²) in [6.45, 7) is 3.39. The Morgan fingerprint density at radius 1 is 0.696 bits per heavy atom. The number of hydrogen-bond acceptors (Lipinski definition) is 14. The molecule has 2 bridgehead atoms. The van der Waals surface area contributed by atoms with Gasteiger partial charge >= 0.3 is 17.9 Å². The Morgan fingerprint density at radius 3 is 1.89 bits per heavy atom. The Bertz CT molecular complexity index is 974. The highest BCUT2D eigenvalue weighted by atomic mass is 16.8. The van der Waals surface area contributed by atoms with Crippen LogP contribution in [0.25, 0.3) is 0 Å². The van der Waals surface area contributed by atoms with E-state index in [2.05, 4.69) is 12.2 Å². The van der Waals surface area contributed by atoms with E-state index in [1.165, 1.54) is 13.8 Å². The third-order valence-electron chi connectivity index (χ3n) is 8.26. The number of allylic oxidation sites excluding steroid dienone is 2. The van der Waals surface area contributed by atoms with Crippen LogP contribution < -0.4 is 0 Å². The molecular formula is C32H52O14. The van der Waals surface area contributed by atoms with E-state index < -0.39 is 85.9 Å². The minimum Gasteiger partial charge on any atom is -0.463 e. The summed E-state index contributed by atoms with van der Waals surface area (Å²) in [5, 5.41) is 44.2. The quantitative estimate of drug-likeness (QED) is 0.193. The first kappa shape index (κ1) is 38.3. The second kappa shape index (κ2) is 19.6. The van der Waals surface area contributed by atoms with E-state index in [0.29, 0.717) is 12.8 Å². The van der Waals surface area contributed by atoms with Crippen molar-refractivity contribution in [2.75, 3.05) is 13.2 Å². The monoisotopic (exact) mass is 660 g/mol. The summed E-state index contributed by atoms with van der Waals surface area (Å²) in [4.78, 5) is 35.7. The summed E-state index contributed by atoms with van der Waals surface area (Å²) in [6.07, 6.45) is -2.14. The molecule has 0 spiro atoms. The van der Waals surface area contributed by atoms with Gasteiger partial charge in [-0.05, 0) is 45.4 Å². The molecule has 0 aromatic carbocycles. The molecule has 0 aromatic rings. The molecule has 14 heteroatoms. The first-order valence-corrected chi connectivity index (χ1v) is 16.4. The van der Waals surface area contributed by atoms with Gasteiger partial charge in [-0.1, -0.05) is 37.8 Å². The van der Waals surface area contributed by atoms with Gasteiger partial charge in [0.15, 0.2) is 18.7 Å². The summed E-state index contributed by atoms with van der Waals surface area (Å²) in [5.74, 6) is -1.91. The van der Waals surface area contributed by atoms with E-state index in [0.717, 1.165) is 51.4 Å². The lowest BCUT2D eigenvalue weighted by atomic mass is 9.97. The van der Waals surface area contributed by atoms with Crippen LogP contribution in [-0.4, -0.2) is 119 Å². The van der Waals surface area contributed by atoms with Crippen molar-refractivity contribution in [3.05, 3.63) is 12.2 Å². The summed E-state index contributed by atoms with van der Waals surface area (Å²) < 4.78 is 39.4. The van der Waals surface area contributed by atoms with Crippen LogP contribution >= 0.6 is 0 Å². The maximum absolute atomic E-state index is 12.8. The molecule has 3 aliphatic heterocycles. The van der Waals surface area contributed by atoms with Crippen LogP contribution in [0.3, 0.4) is 0 Å². The van der Waals surface area contributed by atoms with E-state index in [1.54, 1.807) is 0 Å². The van der Waals surface area contributed by atoms with E-state index in [4.69, 9.17) is 33.2 Å². The molecule has 11 atom stereocenters. The molecule has 3 aliphatic rings. The van der Waals surface area contributed by atoms with E-state index in [-0.39, 0.29) is 19.1 Å². The lowest BCUT2D eigenvalue weighted by molar-refractivity contribution is -0.371. The zero-order valence-electron chi connectivity index (χ0n) is 27.1. The first-order valence-electron chi connectivity index (χ1n) is 16.4. The molecule has 14 nitrogen and oxygen atoms in total. The molecule has 0 aliphatic carbocycles. The van der Waals surface area contributed by atoms with Crippen molar-refractivity contribution in [2.45, 2.75) is 159 Å². The molecule has 0 unspecified atom stereocenters. The Balaban J connectivity index is 1.85. The largest absolute Gasteiger partial charge is 0.463 e. The number of fused-ring (bicyclic) bond motifs is 3. The van der Waals surface area contributed by atoms with Crippen LogP contribution in [-0.2, 0) is 47.5 Å². The fraction of sp³-hybridized carbons (Fsp3) is 0.844. The maximum atomic E-state index is 12.8. The zero-order valence-corrected chi connectivity index (χ0v) is 27.1. The molecule has 0 saturated carbocycles. The average Bonchev–Trinajstić information content (AvgIpc) is 3.00. The van der Waals surface area contributed by atoms with Crippen molar-refractivity contribution in [3.8, 4) is 0 Å². The number of carbonyl (C=O) groups is 3. The Morgan fingerprint density at radius 2 is 1.26 bits per heavy atom. The van der Waals surface area contributed by atoms with Gasteiger partial charge in [0.1, 0.15) is 55.9 Å². The van der Waals surface area contributed by atoms with Crippen molar-refractivity contribution < 1.29 is 68.0 Å². The van der Waals surface area contributed by atoms with E-state index in [1.807, 2.05) is 6.92 Å². The molecular weight excluding hydrogens is 608 g/mol. The van der Waals surface area contributed by atoms with Crippen LogP contribution in [0.2, 0.25) is 0 Å². The van der Waals surface area contributed by atoms with Crippen molar-refractivity contribution >= 4 is 17.9 Å². The van der Waals surface area contributed by atoms with Gasteiger partial charge in [-0.15, -0.1) is 0 Å². The highest BCUT2D eigenvalue weighted by Gasteiger charge is 2.53. The summed E-state index contributed by atoms with van der Waals surface area (Å²) in [7, 11) is 0. The minimum absolute atomic E-state index is 0.0551. The van der Waals surface area contributed by atoms with E-state index in [9.17, 15) is 34.8 Å². The number of aliphatic hydroxyl groups excluding tert-OH is 4. The number of ether oxygens (including phenoxy) is 7. The predicted octanol–water partition coefficient (Wildman–Crippen LogP) is 1.57. The lowest BCUT2D eigenvalue weighted by Gasteiger charge is -2.47. The van der Waals surface area contributed by atoms with Crippen LogP contribution in [0, 0.1) is 0 Å². The molecule has 3 heterocycles. The van der Waals surface area contributed by atoms with Gasteiger partial charge in [0, 0.05) is 20.3 Å². The van der Waals surface area contributed by atoms with Crippen LogP contribution in [0.4, 0.5) is 0 Å². The molecule has 0 radical (unpaired) electrons. The third kappa shape index (κ3) is 12.1. The summed E-state index contributed by atoms with van der Waals surface area (Å²) >= 11 is 0. The van der Waals surface area contributed by atoms with Crippen LogP contribution in [0.5, 0.6) is 0 Å². The van der Waals surface area contributed by atoms with Gasteiger partial charge in [0.05, 0.1) is 6.10 Å². The van der Waals surface area contributed by atoms with Gasteiger partial charge in [-0.25, -0.2) is 0 Å². The number of carbonyl (C=O) groups excluding carboxylic acids is 3. The SMILES string of the molecule is CC(=O)OC[C@H]1O[C@H]2O[C@@H](C)CCCCCC/C=C/CCCCCC(=O)O[C@@H]3[C@@H](O)[C@H](O[C@@H]2[C@@H](O)[C@@H]1O)O[C@H](COC(C)=O)[C@H]3O. The fourth-order valence-electron chi connectivity index (χ4n) is 5.64. The maximum Gasteiger partial charge on any atom is 0.306 e. The topological polar surface area (TPSA) is 197 Å². The van der Waals surface area contributed by atoms with Crippen molar-refractivity contribution in [1.29, 1.82) is 0 Å². The van der Waals surface area contributed by atoms with Crippen molar-refractivity contribution in [1.82, 2.24) is 0 Å². The van der Waals surface area contributed by atoms with Crippen molar-refractivity contribution in [3.63, 3.8) is 0 Å². The van der Waals surface area contributed by atoms with Gasteiger partial charge in [-0.3, -0.25) is 14.4 Å².